The zero-order chi connectivity index (χ0) is 90.5. The Morgan fingerprint density at radius 2 is 0.423 bits per heavy atom. The Morgan fingerprint density at radius 3 is 0.683 bits per heavy atom. The summed E-state index contributed by atoms with van der Waals surface area (Å²) >= 11 is 0. The molecule has 0 aliphatic carbocycles. The highest BCUT2D eigenvalue weighted by Gasteiger charge is 2.62. The number of nitrogens with one attached hydrogen (secondary N) is 4. The molecule has 0 aromatic rings. The Hall–Kier alpha value is -4.00. The lowest BCUT2D eigenvalue weighted by Gasteiger charge is -2.51. The minimum atomic E-state index is -2.52. The number of carbonyl (C=O) groups excluding carboxylic acids is 4. The molecular formula is C68H114N4O51. The standard InChI is InChI=1S/C68H114N4O51/c1-15(81)69-29-38(90)52(117-64-47(99)42(94)33(85)19(5-73)108-64)23(9-77)111-60(29)105-13-27-36(88)57(122-62-31(71-17(3)83)40(92)54(25(11-79)113-62)118-65-48(100)43(95)34(86)20(6-74)109-65)50(102)67(115-27)120-53-24(10-78)112-61(30(39(53)91)70-16(2)82)106-14-28-37(89)58(51(103)68(116-28)121-56-22(8-76)107-59(104)46(98)45(56)97)123-63-32(72-18(4)84)41(93)55(26(12-80)114-63)119-66-49(101)44(96)35(87)21(7-75)110-66/h19-68,73-80,85-104H,5-14H2,1-4H3,(H,69,81)(H,70,82)(H,71,83)(H,72,84)/t19-,20-,21-,22-,23-,24-,25-,26-,27-,28-,29-,30-,31-,32-,33+,34+,35+,36+,37+,38-,39-,40-,41-,42-,43+,44+,45-,46-,47-,48-,49-,50-,51-,52-,53-,54-,55-,56-,57+,58+,59?,60-,61-,62+,63+,64+,65+,66+,67+,68+/m1/s1. The third-order valence-corrected chi connectivity index (χ3v) is 22.4. The summed E-state index contributed by atoms with van der Waals surface area (Å²) in [5.74, 6) is -3.83. The van der Waals surface area contributed by atoms with Gasteiger partial charge >= 0.3 is 0 Å². The Kier molecular flexibility index (Phi) is 36.4. The van der Waals surface area contributed by atoms with E-state index in [1.807, 2.05) is 0 Å². The zero-order valence-corrected chi connectivity index (χ0v) is 65.9. The van der Waals surface area contributed by atoms with Gasteiger partial charge in [-0.2, -0.15) is 0 Å². The van der Waals surface area contributed by atoms with Gasteiger partial charge in [0.15, 0.2) is 62.9 Å². The van der Waals surface area contributed by atoms with Crippen molar-refractivity contribution in [3.8, 4) is 0 Å². The Morgan fingerprint density at radius 1 is 0.211 bits per heavy atom. The molecule has 10 aliphatic rings. The van der Waals surface area contributed by atoms with Crippen LogP contribution in [0.2, 0.25) is 0 Å². The molecule has 712 valence electrons. The number of aliphatic hydroxyl groups excluding tert-OH is 28. The van der Waals surface area contributed by atoms with Crippen LogP contribution in [-0.4, -0.2) is 539 Å². The maximum Gasteiger partial charge on any atom is 0.217 e. The summed E-state index contributed by atoms with van der Waals surface area (Å²) in [6.45, 7) is -7.09. The van der Waals surface area contributed by atoms with Gasteiger partial charge in [-0.1, -0.05) is 0 Å². The average Bonchev–Trinajstić information content (AvgIpc) is 0.767. The predicted molar refractivity (Wildman–Crippen MR) is 376 cm³/mol. The molecule has 55 heteroatoms. The first-order valence-electron chi connectivity index (χ1n) is 39.1. The Balaban J connectivity index is 0.940. The third-order valence-electron chi connectivity index (χ3n) is 22.4. The molecule has 0 saturated carbocycles. The molecule has 55 nitrogen and oxygen atoms in total. The SMILES string of the molecule is CC(=O)N[C@H]1[C@H](OC[C@H]2O[C@@H](O[C@H]3[C@H](O)[C@@H](NC(C)=O)[C@H](OC[C@H]4O[C@@H](O[C@H]5[C@H](O)[C@@H](O)C(O)O[C@@H]5CO)[C@H](O)[C@@H](O[C@@H]5O[C@H](CO)[C@@H](O[C@@H]6O[C@H](CO)[C@H](O)[C@H](O)[C@H]6O)[C@H](O)[C@H]5NC(C)=O)[C@H]4O)O[C@@H]3CO)[C@H](O)[C@@H](O[C@@H]3O[C@H](CO)[C@@H](O[C@@H]4O[C@H](CO)[C@H](O)[C@H](O)[C@H]4O)[C@H](O)[C@H]3NC(C)=O)[C@H]2O)O[C@H](CO)[C@@H](O[C@@H]2O[C@H](CO)[C@H](O)[C@@H](O)[C@H]2O)[C@@H]1O. The van der Waals surface area contributed by atoms with Crippen LogP contribution in [0.5, 0.6) is 0 Å². The topological polar surface area (TPSA) is 858 Å². The van der Waals surface area contributed by atoms with E-state index in [0.717, 1.165) is 27.7 Å². The lowest BCUT2D eigenvalue weighted by Crippen LogP contribution is -2.70. The van der Waals surface area contributed by atoms with Crippen LogP contribution in [0.25, 0.3) is 0 Å². The minimum absolute atomic E-state index is 0.909. The second-order valence-corrected chi connectivity index (χ2v) is 31.0. The molecule has 10 rings (SSSR count). The van der Waals surface area contributed by atoms with Crippen LogP contribution < -0.4 is 21.3 Å². The lowest BCUT2D eigenvalue weighted by molar-refractivity contribution is -0.387. The van der Waals surface area contributed by atoms with E-state index < -0.39 is 397 Å². The second kappa shape index (κ2) is 44.3. The van der Waals surface area contributed by atoms with Gasteiger partial charge in [0.25, 0.3) is 0 Å². The van der Waals surface area contributed by atoms with Crippen LogP contribution in [0.4, 0.5) is 0 Å². The van der Waals surface area contributed by atoms with Crippen molar-refractivity contribution in [2.24, 2.45) is 0 Å². The van der Waals surface area contributed by atoms with Crippen LogP contribution in [0.15, 0.2) is 0 Å². The van der Waals surface area contributed by atoms with Crippen molar-refractivity contribution < 1.29 is 252 Å². The van der Waals surface area contributed by atoms with Crippen molar-refractivity contribution in [2.75, 3.05) is 66.1 Å². The van der Waals surface area contributed by atoms with Gasteiger partial charge < -0.3 is 254 Å². The van der Waals surface area contributed by atoms with E-state index in [0.29, 0.717) is 0 Å². The summed E-state index contributed by atoms with van der Waals surface area (Å²) in [5.41, 5.74) is 0. The van der Waals surface area contributed by atoms with Gasteiger partial charge in [0, 0.05) is 27.7 Å². The fourth-order valence-corrected chi connectivity index (χ4v) is 15.9. The maximum absolute atomic E-state index is 13.3. The molecule has 0 bridgehead atoms. The fraction of sp³-hybridized carbons (Fsp3) is 0.941. The van der Waals surface area contributed by atoms with Gasteiger partial charge in [-0.3, -0.25) is 19.2 Å². The summed E-state index contributed by atoms with van der Waals surface area (Å²) in [4.78, 5) is 52.1. The van der Waals surface area contributed by atoms with Crippen molar-refractivity contribution in [2.45, 2.75) is 335 Å². The van der Waals surface area contributed by atoms with Gasteiger partial charge in [-0.05, 0) is 0 Å². The van der Waals surface area contributed by atoms with Gasteiger partial charge in [0.2, 0.25) is 23.6 Å². The molecule has 0 aromatic heterocycles. The molecule has 50 atom stereocenters. The van der Waals surface area contributed by atoms with Gasteiger partial charge in [-0.25, -0.2) is 0 Å². The van der Waals surface area contributed by atoms with Crippen LogP contribution in [-0.2, 0) is 109 Å². The highest BCUT2D eigenvalue weighted by Crippen LogP contribution is 2.40. The number of hydrogen-bond acceptors (Lipinski definition) is 51. The molecular weight excluding hydrogens is 1690 g/mol. The monoisotopic (exact) mass is 1800 g/mol. The van der Waals surface area contributed by atoms with Gasteiger partial charge in [0.1, 0.15) is 244 Å². The Labute approximate surface area is 695 Å². The van der Waals surface area contributed by atoms with Gasteiger partial charge in [0.05, 0.1) is 66.1 Å². The molecule has 10 aliphatic heterocycles. The summed E-state index contributed by atoms with van der Waals surface area (Å²) in [7, 11) is 0. The van der Waals surface area contributed by atoms with Crippen molar-refractivity contribution in [3.05, 3.63) is 0 Å². The number of ether oxygens (including phenoxy) is 19. The van der Waals surface area contributed by atoms with Crippen LogP contribution in [0.3, 0.4) is 0 Å². The smallest absolute Gasteiger partial charge is 0.217 e. The molecule has 32 N–H and O–H groups in total. The third kappa shape index (κ3) is 22.4. The first kappa shape index (κ1) is 101. The second-order valence-electron chi connectivity index (χ2n) is 31.0. The maximum atomic E-state index is 13.3. The largest absolute Gasteiger partial charge is 0.394 e. The van der Waals surface area contributed by atoms with Crippen LogP contribution in [0, 0.1) is 0 Å². The fourth-order valence-electron chi connectivity index (χ4n) is 15.9. The highest BCUT2D eigenvalue weighted by atomic mass is 16.8. The predicted octanol–water partition coefficient (Wildman–Crippen LogP) is -22.2. The van der Waals surface area contributed by atoms with E-state index in [1.54, 1.807) is 0 Å². The van der Waals surface area contributed by atoms with E-state index in [9.17, 15) is 162 Å². The summed E-state index contributed by atoms with van der Waals surface area (Å²) in [6, 6.07) is -7.74. The zero-order valence-electron chi connectivity index (χ0n) is 65.9. The highest BCUT2D eigenvalue weighted by molar-refractivity contribution is 5.74. The summed E-state index contributed by atoms with van der Waals surface area (Å²) in [5, 5.41) is 319. The quantitative estimate of drug-likeness (QED) is 0.0297. The Bertz CT molecular complexity index is 3300. The number of aliphatic hydroxyl groups is 28. The number of carbonyl (C=O) groups is 4. The average molecular weight is 1800 g/mol. The van der Waals surface area contributed by atoms with E-state index in [2.05, 4.69) is 21.3 Å². The number of hydrogen-bond donors (Lipinski definition) is 32. The molecule has 123 heavy (non-hydrogen) atoms. The molecule has 0 radical (unpaired) electrons. The molecule has 10 saturated heterocycles. The molecule has 10 fully saturated rings. The van der Waals surface area contributed by atoms with Gasteiger partial charge in [-0.15, -0.1) is 0 Å². The summed E-state index contributed by atoms with van der Waals surface area (Å²) < 4.78 is 112. The van der Waals surface area contributed by atoms with Crippen molar-refractivity contribution in [3.63, 3.8) is 0 Å². The van der Waals surface area contributed by atoms with E-state index in [4.69, 9.17) is 90.0 Å². The normalized spacial score (nSPS) is 49.4. The first-order chi connectivity index (χ1) is 58.2. The molecule has 10 heterocycles. The summed E-state index contributed by atoms with van der Waals surface area (Å²) in [6.07, 6.45) is -95.0. The first-order valence-corrected chi connectivity index (χ1v) is 39.1. The lowest BCUT2D eigenvalue weighted by atomic mass is 9.94. The molecule has 0 spiro atoms. The van der Waals surface area contributed by atoms with Crippen LogP contribution >= 0.6 is 0 Å². The van der Waals surface area contributed by atoms with Crippen LogP contribution in [0.1, 0.15) is 27.7 Å². The van der Waals surface area contributed by atoms with E-state index in [-0.39, 0.29) is 0 Å². The van der Waals surface area contributed by atoms with Crippen molar-refractivity contribution >= 4 is 23.6 Å². The molecule has 0 aromatic carbocycles. The number of rotatable bonds is 32. The van der Waals surface area contributed by atoms with Crippen molar-refractivity contribution in [1.82, 2.24) is 21.3 Å². The molecule has 4 amide bonds. The minimum Gasteiger partial charge on any atom is -0.394 e. The molecule has 1 unspecified atom stereocenters. The van der Waals surface area contributed by atoms with E-state index in [1.165, 1.54) is 0 Å². The van der Waals surface area contributed by atoms with E-state index >= 15 is 0 Å². The number of amides is 4. The van der Waals surface area contributed by atoms with Crippen molar-refractivity contribution in [1.29, 1.82) is 0 Å².